The van der Waals surface area contributed by atoms with Crippen LogP contribution in [0.15, 0.2) is 24.3 Å². The maximum Gasteiger partial charge on any atom is 0.153 e. The van der Waals surface area contributed by atoms with E-state index in [0.29, 0.717) is 12.2 Å². The number of benzene rings is 1. The standard InChI is InChI=1S/C14H23NO3S/c1-3-10-19(16,17)11-9-18-14-8-6-5-7-12(14)13(15)4-2/h5-8,13H,3-4,9-11,15H2,1-2H3. The third-order valence-electron chi connectivity index (χ3n) is 2.93. The predicted octanol–water partition coefficient (Wildman–Crippen LogP) is 2.30. The number of para-hydroxylation sites is 1. The molecular formula is C14H23NO3S. The molecular weight excluding hydrogens is 262 g/mol. The highest BCUT2D eigenvalue weighted by Gasteiger charge is 2.12. The third kappa shape index (κ3) is 5.20. The van der Waals surface area contributed by atoms with Crippen LogP contribution in [0.1, 0.15) is 38.3 Å². The predicted molar refractivity (Wildman–Crippen MR) is 78.1 cm³/mol. The molecule has 4 nitrogen and oxygen atoms in total. The van der Waals surface area contributed by atoms with Crippen molar-refractivity contribution >= 4 is 9.84 Å². The minimum Gasteiger partial charge on any atom is -0.492 e. The quantitative estimate of drug-likeness (QED) is 0.795. The Hall–Kier alpha value is -1.07. The molecule has 0 bridgehead atoms. The summed E-state index contributed by atoms with van der Waals surface area (Å²) in [5.41, 5.74) is 6.93. The third-order valence-corrected chi connectivity index (χ3v) is 4.74. The lowest BCUT2D eigenvalue weighted by atomic mass is 10.0. The lowest BCUT2D eigenvalue weighted by molar-refractivity contribution is 0.334. The van der Waals surface area contributed by atoms with Gasteiger partial charge < -0.3 is 10.5 Å². The van der Waals surface area contributed by atoms with Crippen molar-refractivity contribution < 1.29 is 13.2 Å². The summed E-state index contributed by atoms with van der Waals surface area (Å²) in [5.74, 6) is 0.951. The second-order valence-electron chi connectivity index (χ2n) is 4.55. The molecule has 1 aromatic carbocycles. The van der Waals surface area contributed by atoms with E-state index in [1.54, 1.807) is 0 Å². The number of nitrogens with two attached hydrogens (primary N) is 1. The van der Waals surface area contributed by atoms with Crippen molar-refractivity contribution in [3.05, 3.63) is 29.8 Å². The van der Waals surface area contributed by atoms with Crippen LogP contribution in [0.5, 0.6) is 5.75 Å². The monoisotopic (exact) mass is 285 g/mol. The van der Waals surface area contributed by atoms with Gasteiger partial charge in [0.05, 0.1) is 11.5 Å². The molecule has 0 aliphatic rings. The molecule has 108 valence electrons. The van der Waals surface area contributed by atoms with Gasteiger partial charge in [-0.05, 0) is 18.9 Å². The van der Waals surface area contributed by atoms with Gasteiger partial charge in [-0.3, -0.25) is 0 Å². The molecule has 0 fully saturated rings. The van der Waals surface area contributed by atoms with Crippen LogP contribution in [0.25, 0.3) is 0 Å². The Morgan fingerprint density at radius 3 is 2.53 bits per heavy atom. The maximum absolute atomic E-state index is 11.6. The molecule has 0 radical (unpaired) electrons. The minimum absolute atomic E-state index is 0.0521. The highest BCUT2D eigenvalue weighted by atomic mass is 32.2. The molecule has 1 unspecified atom stereocenters. The Labute approximate surface area is 115 Å². The van der Waals surface area contributed by atoms with Gasteiger partial charge in [0.2, 0.25) is 0 Å². The van der Waals surface area contributed by atoms with Gasteiger partial charge in [-0.25, -0.2) is 8.42 Å². The Kier molecular flexibility index (Phi) is 6.31. The summed E-state index contributed by atoms with van der Waals surface area (Å²) in [4.78, 5) is 0. The fourth-order valence-corrected chi connectivity index (χ4v) is 2.99. The van der Waals surface area contributed by atoms with Crippen molar-refractivity contribution in [2.75, 3.05) is 18.1 Å². The number of ether oxygens (including phenoxy) is 1. The van der Waals surface area contributed by atoms with Crippen LogP contribution in [0.4, 0.5) is 0 Å². The first kappa shape index (κ1) is 16.0. The van der Waals surface area contributed by atoms with Gasteiger partial charge in [0.1, 0.15) is 12.4 Å². The van der Waals surface area contributed by atoms with Gasteiger partial charge in [-0.1, -0.05) is 32.0 Å². The number of rotatable bonds is 8. The maximum atomic E-state index is 11.6. The van der Waals surface area contributed by atoms with E-state index in [4.69, 9.17) is 10.5 Å². The molecule has 2 N–H and O–H groups in total. The van der Waals surface area contributed by atoms with Crippen LogP contribution in [-0.2, 0) is 9.84 Å². The molecule has 0 spiro atoms. The van der Waals surface area contributed by atoms with E-state index in [1.165, 1.54) is 0 Å². The summed E-state index contributed by atoms with van der Waals surface area (Å²) >= 11 is 0. The van der Waals surface area contributed by atoms with Gasteiger partial charge in [0.15, 0.2) is 9.84 Å². The number of sulfone groups is 1. The zero-order valence-electron chi connectivity index (χ0n) is 11.6. The van der Waals surface area contributed by atoms with Crippen molar-refractivity contribution in [2.24, 2.45) is 5.73 Å². The van der Waals surface area contributed by atoms with Crippen LogP contribution in [-0.4, -0.2) is 26.5 Å². The van der Waals surface area contributed by atoms with Crippen molar-refractivity contribution in [3.8, 4) is 5.75 Å². The highest BCUT2D eigenvalue weighted by molar-refractivity contribution is 7.91. The summed E-state index contributed by atoms with van der Waals surface area (Å²) in [7, 11) is -3.00. The lowest BCUT2D eigenvalue weighted by Gasteiger charge is -2.15. The first-order chi connectivity index (χ1) is 9.00. The number of hydrogen-bond acceptors (Lipinski definition) is 4. The topological polar surface area (TPSA) is 69.4 Å². The second-order valence-corrected chi connectivity index (χ2v) is 6.86. The van der Waals surface area contributed by atoms with Gasteiger partial charge in [-0.2, -0.15) is 0 Å². The fourth-order valence-electron chi connectivity index (χ4n) is 1.83. The van der Waals surface area contributed by atoms with Crippen LogP contribution < -0.4 is 10.5 Å². The highest BCUT2D eigenvalue weighted by Crippen LogP contribution is 2.25. The average molecular weight is 285 g/mol. The Morgan fingerprint density at radius 1 is 1.21 bits per heavy atom. The summed E-state index contributed by atoms with van der Waals surface area (Å²) in [6.45, 7) is 4.04. The van der Waals surface area contributed by atoms with Gasteiger partial charge in [-0.15, -0.1) is 0 Å². The van der Waals surface area contributed by atoms with Crippen LogP contribution >= 0.6 is 0 Å². The molecule has 19 heavy (non-hydrogen) atoms. The van der Waals surface area contributed by atoms with E-state index in [2.05, 4.69) is 0 Å². The van der Waals surface area contributed by atoms with Crippen molar-refractivity contribution in [2.45, 2.75) is 32.7 Å². The van der Waals surface area contributed by atoms with Crippen LogP contribution in [0.3, 0.4) is 0 Å². The summed E-state index contributed by atoms with van der Waals surface area (Å²) < 4.78 is 28.8. The molecule has 1 aromatic rings. The van der Waals surface area contributed by atoms with Gasteiger partial charge in [0.25, 0.3) is 0 Å². The average Bonchev–Trinajstić information content (AvgIpc) is 2.38. The number of hydrogen-bond donors (Lipinski definition) is 1. The van der Waals surface area contributed by atoms with E-state index >= 15 is 0 Å². The van der Waals surface area contributed by atoms with Crippen molar-refractivity contribution in [1.29, 1.82) is 0 Å². The minimum atomic E-state index is -3.00. The SMILES string of the molecule is CCCS(=O)(=O)CCOc1ccccc1C(N)CC. The zero-order valence-corrected chi connectivity index (χ0v) is 12.4. The van der Waals surface area contributed by atoms with E-state index in [9.17, 15) is 8.42 Å². The summed E-state index contributed by atoms with van der Waals surface area (Å²) in [6.07, 6.45) is 1.45. The molecule has 0 heterocycles. The van der Waals surface area contributed by atoms with Crippen LogP contribution in [0.2, 0.25) is 0 Å². The molecule has 0 saturated carbocycles. The zero-order chi connectivity index (χ0) is 14.3. The van der Waals surface area contributed by atoms with E-state index in [0.717, 1.165) is 12.0 Å². The molecule has 0 amide bonds. The Bertz CT molecular complexity index is 485. The second kappa shape index (κ2) is 7.50. The first-order valence-corrected chi connectivity index (χ1v) is 8.50. The van der Waals surface area contributed by atoms with E-state index in [1.807, 2.05) is 38.1 Å². The Balaban J connectivity index is 2.63. The van der Waals surface area contributed by atoms with Crippen molar-refractivity contribution in [3.63, 3.8) is 0 Å². The molecule has 1 rings (SSSR count). The molecule has 0 aliphatic heterocycles. The first-order valence-electron chi connectivity index (χ1n) is 6.68. The Morgan fingerprint density at radius 2 is 1.89 bits per heavy atom. The molecule has 0 saturated heterocycles. The molecule has 0 aliphatic carbocycles. The lowest BCUT2D eigenvalue weighted by Crippen LogP contribution is -2.18. The summed E-state index contributed by atoms with van der Waals surface area (Å²) in [6, 6.07) is 7.44. The smallest absolute Gasteiger partial charge is 0.153 e. The molecule has 1 atom stereocenters. The van der Waals surface area contributed by atoms with Crippen molar-refractivity contribution in [1.82, 2.24) is 0 Å². The normalized spacial score (nSPS) is 13.2. The molecule has 0 aromatic heterocycles. The van der Waals surface area contributed by atoms with Gasteiger partial charge in [0, 0.05) is 11.6 Å². The largest absolute Gasteiger partial charge is 0.492 e. The summed E-state index contributed by atoms with van der Waals surface area (Å²) in [5, 5.41) is 0. The fraction of sp³-hybridized carbons (Fsp3) is 0.571. The van der Waals surface area contributed by atoms with Gasteiger partial charge >= 0.3 is 0 Å². The van der Waals surface area contributed by atoms with E-state index < -0.39 is 9.84 Å². The van der Waals surface area contributed by atoms with E-state index in [-0.39, 0.29) is 24.2 Å². The van der Waals surface area contributed by atoms with Crippen LogP contribution in [0, 0.1) is 0 Å². The molecule has 5 heteroatoms.